The van der Waals surface area contributed by atoms with Crippen LogP contribution >= 0.6 is 11.6 Å². The van der Waals surface area contributed by atoms with E-state index in [0.717, 1.165) is 22.7 Å². The maximum absolute atomic E-state index is 5.84. The van der Waals surface area contributed by atoms with Gasteiger partial charge < -0.3 is 0 Å². The third kappa shape index (κ3) is 1.68. The topological polar surface area (TPSA) is 30.7 Å². The molecule has 0 amide bonds. The van der Waals surface area contributed by atoms with Crippen molar-refractivity contribution in [3.63, 3.8) is 0 Å². The average molecular weight is 244 g/mol. The summed E-state index contributed by atoms with van der Waals surface area (Å²) in [6.45, 7) is 1.97. The van der Waals surface area contributed by atoms with Crippen LogP contribution in [0, 0.1) is 6.92 Å². The van der Waals surface area contributed by atoms with Gasteiger partial charge >= 0.3 is 0 Å². The van der Waals surface area contributed by atoms with E-state index in [4.69, 9.17) is 11.6 Å². The molecule has 0 bridgehead atoms. The normalized spacial score (nSPS) is 10.9. The molecule has 2 heterocycles. The lowest BCUT2D eigenvalue weighted by Crippen LogP contribution is -1.99. The zero-order chi connectivity index (χ0) is 11.8. The number of fused-ring (bicyclic) bond motifs is 1. The van der Waals surface area contributed by atoms with Crippen molar-refractivity contribution in [2.75, 3.05) is 0 Å². The zero-order valence-corrected chi connectivity index (χ0v) is 10.0. The maximum atomic E-state index is 5.84. The van der Waals surface area contributed by atoms with Gasteiger partial charge in [0.1, 0.15) is 11.6 Å². The first-order valence-corrected chi connectivity index (χ1v) is 5.69. The first-order chi connectivity index (χ1) is 8.25. The smallest absolute Gasteiger partial charge is 0.138 e. The zero-order valence-electron chi connectivity index (χ0n) is 9.26. The summed E-state index contributed by atoms with van der Waals surface area (Å²) in [5.74, 6) is 1.75. The Morgan fingerprint density at radius 3 is 2.71 bits per heavy atom. The SMILES string of the molecule is Cc1nc2ccccc2n1-c1ccc(Cl)cn1. The predicted octanol–water partition coefficient (Wildman–Crippen LogP) is 3.38. The number of aromatic nitrogens is 3. The molecule has 0 atom stereocenters. The number of aryl methyl sites for hydroxylation is 1. The van der Waals surface area contributed by atoms with Crippen molar-refractivity contribution in [2.45, 2.75) is 6.92 Å². The van der Waals surface area contributed by atoms with Gasteiger partial charge in [-0.15, -0.1) is 0 Å². The number of pyridine rings is 1. The van der Waals surface area contributed by atoms with E-state index in [1.54, 1.807) is 6.20 Å². The molecule has 2 aromatic heterocycles. The Bertz CT molecular complexity index is 671. The van der Waals surface area contributed by atoms with Crippen molar-refractivity contribution in [2.24, 2.45) is 0 Å². The molecule has 4 heteroatoms. The minimum Gasteiger partial charge on any atom is -0.281 e. The minimum atomic E-state index is 0.635. The highest BCUT2D eigenvalue weighted by Crippen LogP contribution is 2.20. The summed E-state index contributed by atoms with van der Waals surface area (Å²) >= 11 is 5.84. The van der Waals surface area contributed by atoms with Crippen LogP contribution in [0.1, 0.15) is 5.82 Å². The Labute approximate surface area is 104 Å². The highest BCUT2D eigenvalue weighted by Gasteiger charge is 2.08. The quantitative estimate of drug-likeness (QED) is 0.656. The van der Waals surface area contributed by atoms with Gasteiger partial charge in [0, 0.05) is 6.20 Å². The standard InChI is InChI=1S/C13H10ClN3/c1-9-16-11-4-2-3-5-12(11)17(9)13-7-6-10(14)8-15-13/h2-8H,1H3. The summed E-state index contributed by atoms with van der Waals surface area (Å²) in [6.07, 6.45) is 1.64. The summed E-state index contributed by atoms with van der Waals surface area (Å²) in [4.78, 5) is 8.82. The van der Waals surface area contributed by atoms with Gasteiger partial charge in [0.15, 0.2) is 0 Å². The van der Waals surface area contributed by atoms with Crippen LogP contribution < -0.4 is 0 Å². The summed E-state index contributed by atoms with van der Waals surface area (Å²) < 4.78 is 2.02. The van der Waals surface area contributed by atoms with E-state index < -0.39 is 0 Å². The molecular formula is C13H10ClN3. The van der Waals surface area contributed by atoms with E-state index in [-0.39, 0.29) is 0 Å². The van der Waals surface area contributed by atoms with Crippen molar-refractivity contribution in [3.05, 3.63) is 53.4 Å². The molecule has 0 unspecified atom stereocenters. The molecule has 0 fully saturated rings. The lowest BCUT2D eigenvalue weighted by atomic mass is 10.3. The van der Waals surface area contributed by atoms with Crippen LogP contribution in [0.5, 0.6) is 0 Å². The molecule has 0 N–H and O–H groups in total. The van der Waals surface area contributed by atoms with Crippen molar-refractivity contribution in [1.29, 1.82) is 0 Å². The summed E-state index contributed by atoms with van der Waals surface area (Å²) in [5, 5.41) is 0.635. The number of benzene rings is 1. The Kier molecular flexibility index (Phi) is 2.34. The lowest BCUT2D eigenvalue weighted by Gasteiger charge is -2.05. The predicted molar refractivity (Wildman–Crippen MR) is 68.6 cm³/mol. The van der Waals surface area contributed by atoms with E-state index in [1.807, 2.05) is 47.9 Å². The van der Waals surface area contributed by atoms with Crippen LogP contribution in [0.25, 0.3) is 16.9 Å². The Morgan fingerprint density at radius 2 is 1.94 bits per heavy atom. The fourth-order valence-corrected chi connectivity index (χ4v) is 2.05. The van der Waals surface area contributed by atoms with Gasteiger partial charge in [-0.25, -0.2) is 9.97 Å². The highest BCUT2D eigenvalue weighted by atomic mass is 35.5. The van der Waals surface area contributed by atoms with Crippen molar-refractivity contribution < 1.29 is 0 Å². The number of nitrogens with zero attached hydrogens (tertiary/aromatic N) is 3. The molecule has 0 aliphatic rings. The molecule has 3 rings (SSSR count). The monoisotopic (exact) mass is 243 g/mol. The fraction of sp³-hybridized carbons (Fsp3) is 0.0769. The number of hydrogen-bond donors (Lipinski definition) is 0. The van der Waals surface area contributed by atoms with E-state index >= 15 is 0 Å². The molecule has 0 radical (unpaired) electrons. The van der Waals surface area contributed by atoms with Gasteiger partial charge in [-0.3, -0.25) is 4.57 Å². The second-order valence-corrected chi connectivity index (χ2v) is 4.25. The van der Waals surface area contributed by atoms with Gasteiger partial charge in [-0.2, -0.15) is 0 Å². The van der Waals surface area contributed by atoms with Gasteiger partial charge in [0.05, 0.1) is 16.1 Å². The maximum Gasteiger partial charge on any atom is 0.138 e. The van der Waals surface area contributed by atoms with Crippen LogP contribution in [-0.2, 0) is 0 Å². The van der Waals surface area contributed by atoms with Crippen LogP contribution in [0.4, 0.5) is 0 Å². The Morgan fingerprint density at radius 1 is 1.12 bits per heavy atom. The number of halogens is 1. The van der Waals surface area contributed by atoms with Crippen LogP contribution in [0.2, 0.25) is 5.02 Å². The second-order valence-electron chi connectivity index (χ2n) is 3.82. The molecule has 3 aromatic rings. The van der Waals surface area contributed by atoms with Crippen molar-refractivity contribution >= 4 is 22.6 Å². The van der Waals surface area contributed by atoms with E-state index in [1.165, 1.54) is 0 Å². The largest absolute Gasteiger partial charge is 0.281 e. The third-order valence-electron chi connectivity index (χ3n) is 2.67. The third-order valence-corrected chi connectivity index (χ3v) is 2.89. The average Bonchev–Trinajstić information content (AvgIpc) is 2.66. The van der Waals surface area contributed by atoms with Crippen molar-refractivity contribution in [1.82, 2.24) is 14.5 Å². The first-order valence-electron chi connectivity index (χ1n) is 5.32. The van der Waals surface area contributed by atoms with Crippen molar-refractivity contribution in [3.8, 4) is 5.82 Å². The van der Waals surface area contributed by atoms with E-state index in [2.05, 4.69) is 9.97 Å². The minimum absolute atomic E-state index is 0.635. The second kappa shape index (κ2) is 3.86. The number of hydrogen-bond acceptors (Lipinski definition) is 2. The van der Waals surface area contributed by atoms with E-state index in [0.29, 0.717) is 5.02 Å². The van der Waals surface area contributed by atoms with Gasteiger partial charge in [0.2, 0.25) is 0 Å². The number of imidazole rings is 1. The molecule has 0 aliphatic heterocycles. The molecule has 0 saturated heterocycles. The van der Waals surface area contributed by atoms with Gasteiger partial charge in [-0.1, -0.05) is 23.7 Å². The summed E-state index contributed by atoms with van der Waals surface area (Å²) in [7, 11) is 0. The Hall–Kier alpha value is -1.87. The summed E-state index contributed by atoms with van der Waals surface area (Å²) in [5.41, 5.74) is 2.03. The molecule has 1 aromatic carbocycles. The molecule has 84 valence electrons. The van der Waals surface area contributed by atoms with E-state index in [9.17, 15) is 0 Å². The van der Waals surface area contributed by atoms with Crippen LogP contribution in [-0.4, -0.2) is 14.5 Å². The van der Waals surface area contributed by atoms with Gasteiger partial charge in [-0.05, 0) is 31.2 Å². The molecule has 3 nitrogen and oxygen atoms in total. The first kappa shape index (κ1) is 10.3. The Balaban J connectivity index is 2.29. The van der Waals surface area contributed by atoms with Crippen LogP contribution in [0.3, 0.4) is 0 Å². The molecular weight excluding hydrogens is 234 g/mol. The van der Waals surface area contributed by atoms with Gasteiger partial charge in [0.25, 0.3) is 0 Å². The lowest BCUT2D eigenvalue weighted by molar-refractivity contribution is 0.957. The number of para-hydroxylation sites is 2. The highest BCUT2D eigenvalue weighted by molar-refractivity contribution is 6.30. The molecule has 0 saturated carbocycles. The van der Waals surface area contributed by atoms with Crippen LogP contribution in [0.15, 0.2) is 42.6 Å². The summed E-state index contributed by atoms with van der Waals surface area (Å²) in [6, 6.07) is 11.7. The molecule has 17 heavy (non-hydrogen) atoms. The molecule has 0 spiro atoms. The number of rotatable bonds is 1. The molecule has 0 aliphatic carbocycles. The fourth-order valence-electron chi connectivity index (χ4n) is 1.94.